The summed E-state index contributed by atoms with van der Waals surface area (Å²) >= 11 is 5.98. The quantitative estimate of drug-likeness (QED) is 0.615. The Morgan fingerprint density at radius 2 is 1.83 bits per heavy atom. The molecule has 2 rings (SSSR count). The molecule has 7 heteroatoms. The molecule has 0 saturated heterocycles. The van der Waals surface area contributed by atoms with Gasteiger partial charge in [0.1, 0.15) is 0 Å². The summed E-state index contributed by atoms with van der Waals surface area (Å²) < 4.78 is 11.1. The third-order valence-electron chi connectivity index (χ3n) is 4.20. The number of nitrogens with one attached hydrogen (secondary N) is 2. The van der Waals surface area contributed by atoms with Gasteiger partial charge in [-0.25, -0.2) is 0 Å². The topological polar surface area (TPSA) is 76.7 Å². The average molecular weight is 419 g/mol. The molecular formula is C22H27ClN2O4. The minimum absolute atomic E-state index is 0.141. The van der Waals surface area contributed by atoms with Crippen molar-refractivity contribution >= 4 is 23.4 Å². The summed E-state index contributed by atoms with van der Waals surface area (Å²) in [5, 5.41) is 5.67. The van der Waals surface area contributed by atoms with Gasteiger partial charge in [-0.3, -0.25) is 9.59 Å². The lowest BCUT2D eigenvalue weighted by Crippen LogP contribution is -2.36. The Bertz CT molecular complexity index is 839. The number of carbonyl (C=O) groups is 2. The minimum atomic E-state index is -0.393. The lowest BCUT2D eigenvalue weighted by Gasteiger charge is -2.13. The highest BCUT2D eigenvalue weighted by atomic mass is 35.5. The van der Waals surface area contributed by atoms with Gasteiger partial charge in [-0.05, 0) is 42.2 Å². The standard InChI is InChI=1S/C22H27ClN2O4/c1-15(2)10-11-29-19-9-8-16(12-20(19)28-3)13-24-21(26)14-25-22(27)17-6-4-5-7-18(17)23/h4-9,12,15H,10-11,13-14H2,1-3H3,(H,24,26)(H,25,27). The number of hydrogen-bond donors (Lipinski definition) is 2. The molecule has 0 aliphatic carbocycles. The number of amides is 2. The molecule has 0 radical (unpaired) electrons. The minimum Gasteiger partial charge on any atom is -0.493 e. The zero-order chi connectivity index (χ0) is 21.2. The lowest BCUT2D eigenvalue weighted by molar-refractivity contribution is -0.120. The molecule has 0 aliphatic heterocycles. The molecule has 2 aromatic rings. The molecule has 0 unspecified atom stereocenters. The fourth-order valence-electron chi connectivity index (χ4n) is 2.51. The van der Waals surface area contributed by atoms with Crippen LogP contribution >= 0.6 is 11.6 Å². The Kier molecular flexibility index (Phi) is 8.80. The molecule has 0 saturated carbocycles. The van der Waals surface area contributed by atoms with Gasteiger partial charge in [-0.2, -0.15) is 0 Å². The van der Waals surface area contributed by atoms with Crippen molar-refractivity contribution in [3.8, 4) is 11.5 Å². The monoisotopic (exact) mass is 418 g/mol. The van der Waals surface area contributed by atoms with Crippen LogP contribution in [0.1, 0.15) is 36.2 Å². The number of methoxy groups -OCH3 is 1. The second kappa shape index (κ2) is 11.3. The Morgan fingerprint density at radius 1 is 1.07 bits per heavy atom. The number of carbonyl (C=O) groups excluding carboxylic acids is 2. The van der Waals surface area contributed by atoms with Crippen molar-refractivity contribution in [2.75, 3.05) is 20.3 Å². The fraction of sp³-hybridized carbons (Fsp3) is 0.364. The van der Waals surface area contributed by atoms with E-state index in [4.69, 9.17) is 21.1 Å². The predicted molar refractivity (Wildman–Crippen MR) is 114 cm³/mol. The van der Waals surface area contributed by atoms with Gasteiger partial charge in [0, 0.05) is 6.54 Å². The van der Waals surface area contributed by atoms with Crippen LogP contribution in [0.3, 0.4) is 0 Å². The van der Waals surface area contributed by atoms with Gasteiger partial charge in [0.2, 0.25) is 5.91 Å². The van der Waals surface area contributed by atoms with Gasteiger partial charge in [-0.15, -0.1) is 0 Å². The number of rotatable bonds is 10. The largest absolute Gasteiger partial charge is 0.493 e. The van der Waals surface area contributed by atoms with Crippen LogP contribution in [-0.2, 0) is 11.3 Å². The van der Waals surface area contributed by atoms with Gasteiger partial charge < -0.3 is 20.1 Å². The molecule has 6 nitrogen and oxygen atoms in total. The number of ether oxygens (including phenoxy) is 2. The highest BCUT2D eigenvalue weighted by Gasteiger charge is 2.11. The van der Waals surface area contributed by atoms with Gasteiger partial charge >= 0.3 is 0 Å². The van der Waals surface area contributed by atoms with Gasteiger partial charge in [-0.1, -0.05) is 43.6 Å². The molecule has 156 valence electrons. The zero-order valence-corrected chi connectivity index (χ0v) is 17.7. The highest BCUT2D eigenvalue weighted by Crippen LogP contribution is 2.28. The first-order chi connectivity index (χ1) is 13.9. The maximum Gasteiger partial charge on any atom is 0.253 e. The second-order valence-corrected chi connectivity index (χ2v) is 7.36. The van der Waals surface area contributed by atoms with E-state index in [0.717, 1.165) is 12.0 Å². The summed E-state index contributed by atoms with van der Waals surface area (Å²) in [5.74, 6) is 1.16. The molecule has 2 amide bonds. The lowest BCUT2D eigenvalue weighted by atomic mass is 10.1. The summed E-state index contributed by atoms with van der Waals surface area (Å²) in [4.78, 5) is 24.1. The van der Waals surface area contributed by atoms with Crippen LogP contribution in [-0.4, -0.2) is 32.1 Å². The van der Waals surface area contributed by atoms with Crippen molar-refractivity contribution in [3.05, 3.63) is 58.6 Å². The molecule has 2 aromatic carbocycles. The molecule has 0 spiro atoms. The Morgan fingerprint density at radius 3 is 2.52 bits per heavy atom. The van der Waals surface area contributed by atoms with E-state index in [1.165, 1.54) is 0 Å². The zero-order valence-electron chi connectivity index (χ0n) is 17.0. The van der Waals surface area contributed by atoms with Crippen LogP contribution in [0.2, 0.25) is 5.02 Å². The summed E-state index contributed by atoms with van der Waals surface area (Å²) in [6, 6.07) is 12.2. The third-order valence-corrected chi connectivity index (χ3v) is 4.53. The molecule has 29 heavy (non-hydrogen) atoms. The van der Waals surface area contributed by atoms with Crippen LogP contribution in [0.4, 0.5) is 0 Å². The van der Waals surface area contributed by atoms with Gasteiger partial charge in [0.15, 0.2) is 11.5 Å². The summed E-state index contributed by atoms with van der Waals surface area (Å²) in [6.07, 6.45) is 0.959. The van der Waals surface area contributed by atoms with Crippen molar-refractivity contribution in [1.82, 2.24) is 10.6 Å². The van der Waals surface area contributed by atoms with Crippen molar-refractivity contribution in [1.29, 1.82) is 0 Å². The number of halogens is 1. The van der Waals surface area contributed by atoms with E-state index in [-0.39, 0.29) is 12.5 Å². The van der Waals surface area contributed by atoms with Crippen LogP contribution in [0.5, 0.6) is 11.5 Å². The van der Waals surface area contributed by atoms with E-state index in [0.29, 0.717) is 41.2 Å². The van der Waals surface area contributed by atoms with E-state index in [2.05, 4.69) is 24.5 Å². The normalized spacial score (nSPS) is 10.5. The summed E-state index contributed by atoms with van der Waals surface area (Å²) in [6.45, 7) is 5.07. The van der Waals surface area contributed by atoms with Crippen LogP contribution in [0.25, 0.3) is 0 Å². The van der Waals surface area contributed by atoms with Crippen molar-refractivity contribution in [2.24, 2.45) is 5.92 Å². The van der Waals surface area contributed by atoms with Gasteiger partial charge in [0.05, 0.1) is 30.8 Å². The molecule has 0 heterocycles. The molecule has 2 N–H and O–H groups in total. The van der Waals surface area contributed by atoms with E-state index in [1.54, 1.807) is 31.4 Å². The SMILES string of the molecule is COc1cc(CNC(=O)CNC(=O)c2ccccc2Cl)ccc1OCCC(C)C. The van der Waals surface area contributed by atoms with Crippen molar-refractivity contribution in [3.63, 3.8) is 0 Å². The Hall–Kier alpha value is -2.73. The number of hydrogen-bond acceptors (Lipinski definition) is 4. The maximum atomic E-state index is 12.1. The smallest absolute Gasteiger partial charge is 0.253 e. The molecule has 0 aromatic heterocycles. The first-order valence-corrected chi connectivity index (χ1v) is 9.87. The third kappa shape index (κ3) is 7.31. The van der Waals surface area contributed by atoms with Crippen LogP contribution < -0.4 is 20.1 Å². The van der Waals surface area contributed by atoms with Crippen molar-refractivity contribution in [2.45, 2.75) is 26.8 Å². The van der Waals surface area contributed by atoms with E-state index < -0.39 is 5.91 Å². The molecule has 0 atom stereocenters. The predicted octanol–water partition coefficient (Wildman–Crippen LogP) is 3.82. The maximum absolute atomic E-state index is 12.1. The second-order valence-electron chi connectivity index (χ2n) is 6.96. The van der Waals surface area contributed by atoms with E-state index in [9.17, 15) is 9.59 Å². The summed E-state index contributed by atoms with van der Waals surface area (Å²) in [7, 11) is 1.58. The first kappa shape index (κ1) is 22.6. The Labute approximate surface area is 176 Å². The van der Waals surface area contributed by atoms with Crippen LogP contribution in [0, 0.1) is 5.92 Å². The first-order valence-electron chi connectivity index (χ1n) is 9.49. The molecule has 0 fully saturated rings. The number of benzene rings is 2. The summed E-state index contributed by atoms with van der Waals surface area (Å²) in [5.41, 5.74) is 1.20. The highest BCUT2D eigenvalue weighted by molar-refractivity contribution is 6.33. The average Bonchev–Trinajstić information content (AvgIpc) is 2.71. The van der Waals surface area contributed by atoms with Crippen LogP contribution in [0.15, 0.2) is 42.5 Å². The van der Waals surface area contributed by atoms with Crippen molar-refractivity contribution < 1.29 is 19.1 Å². The molecule has 0 aliphatic rings. The van der Waals surface area contributed by atoms with Gasteiger partial charge in [0.25, 0.3) is 5.91 Å². The van der Waals surface area contributed by atoms with E-state index >= 15 is 0 Å². The fourth-order valence-corrected chi connectivity index (χ4v) is 2.73. The molecule has 0 bridgehead atoms. The van der Waals surface area contributed by atoms with E-state index in [1.807, 2.05) is 18.2 Å². The molecular weight excluding hydrogens is 392 g/mol. The Balaban J connectivity index is 1.83.